The molecule has 0 spiro atoms. The zero-order valence-electron chi connectivity index (χ0n) is 13.3. The van der Waals surface area contributed by atoms with Gasteiger partial charge in [-0.1, -0.05) is 0 Å². The molecule has 1 saturated heterocycles. The average Bonchev–Trinajstić information content (AvgIpc) is 2.85. The molecular weight excluding hydrogens is 286 g/mol. The summed E-state index contributed by atoms with van der Waals surface area (Å²) in [7, 11) is 1.97. The predicted molar refractivity (Wildman–Crippen MR) is 81.4 cm³/mol. The van der Waals surface area contributed by atoms with Crippen molar-refractivity contribution in [1.82, 2.24) is 20.0 Å². The third-order valence-electron chi connectivity index (χ3n) is 3.58. The summed E-state index contributed by atoms with van der Waals surface area (Å²) in [4.78, 5) is 25.5. The molecule has 122 valence electrons. The van der Waals surface area contributed by atoms with E-state index in [4.69, 9.17) is 4.74 Å². The fraction of sp³-hybridized carbons (Fsp3) is 0.643. The molecule has 0 unspecified atom stereocenters. The normalized spacial score (nSPS) is 22.3. The monoisotopic (exact) mass is 309 g/mol. The molecule has 22 heavy (non-hydrogen) atoms. The number of carbonyl (C=O) groups is 2. The van der Waals surface area contributed by atoms with Gasteiger partial charge in [0.1, 0.15) is 5.82 Å². The van der Waals surface area contributed by atoms with E-state index in [0.29, 0.717) is 32.1 Å². The zero-order valence-corrected chi connectivity index (χ0v) is 13.3. The number of likely N-dealkylation sites (N-methyl/N-ethyl adjacent to an activating group) is 1. The standard InChI is InChI=1S/C14H23N5O3/c1-11(20)17-12-4-5-16-19(12)7-6-15-13(21)14(2)10-18(3)8-9-22-14/h4-5H,6-10H2,1-3H3,(H,15,21)(H,17,20)/t14-/m0/s1. The molecule has 0 radical (unpaired) electrons. The summed E-state index contributed by atoms with van der Waals surface area (Å²) in [5.74, 6) is 0.325. The minimum Gasteiger partial charge on any atom is -0.363 e. The molecular formula is C14H23N5O3. The molecule has 0 saturated carbocycles. The second-order valence-corrected chi connectivity index (χ2v) is 5.69. The van der Waals surface area contributed by atoms with E-state index in [0.717, 1.165) is 6.54 Å². The van der Waals surface area contributed by atoms with Crippen molar-refractivity contribution in [1.29, 1.82) is 0 Å². The molecule has 1 aliphatic heterocycles. The lowest BCUT2D eigenvalue weighted by atomic mass is 10.0. The predicted octanol–water partition coefficient (Wildman–Crippen LogP) is -0.322. The van der Waals surface area contributed by atoms with Gasteiger partial charge in [-0.15, -0.1) is 0 Å². The van der Waals surface area contributed by atoms with E-state index in [1.165, 1.54) is 6.92 Å². The third kappa shape index (κ3) is 4.05. The van der Waals surface area contributed by atoms with Crippen LogP contribution in [0.2, 0.25) is 0 Å². The molecule has 1 aromatic rings. The van der Waals surface area contributed by atoms with Crippen molar-refractivity contribution >= 4 is 17.6 Å². The summed E-state index contributed by atoms with van der Waals surface area (Å²) >= 11 is 0. The van der Waals surface area contributed by atoms with E-state index in [1.54, 1.807) is 23.9 Å². The smallest absolute Gasteiger partial charge is 0.253 e. The Kier molecular flexibility index (Phi) is 5.15. The van der Waals surface area contributed by atoms with E-state index >= 15 is 0 Å². The number of rotatable bonds is 5. The third-order valence-corrected chi connectivity index (χ3v) is 3.58. The van der Waals surface area contributed by atoms with Crippen LogP contribution in [0.5, 0.6) is 0 Å². The van der Waals surface area contributed by atoms with Gasteiger partial charge >= 0.3 is 0 Å². The van der Waals surface area contributed by atoms with Crippen LogP contribution in [-0.4, -0.2) is 65.4 Å². The van der Waals surface area contributed by atoms with E-state index in [9.17, 15) is 9.59 Å². The minimum absolute atomic E-state index is 0.132. The highest BCUT2D eigenvalue weighted by Crippen LogP contribution is 2.16. The molecule has 1 aliphatic rings. The van der Waals surface area contributed by atoms with Gasteiger partial charge in [-0.2, -0.15) is 5.10 Å². The molecule has 0 aliphatic carbocycles. The second-order valence-electron chi connectivity index (χ2n) is 5.69. The van der Waals surface area contributed by atoms with Gasteiger partial charge in [-0.05, 0) is 14.0 Å². The number of anilines is 1. The van der Waals surface area contributed by atoms with Crippen LogP contribution in [-0.2, 0) is 20.9 Å². The lowest BCUT2D eigenvalue weighted by Gasteiger charge is -2.37. The maximum atomic E-state index is 12.3. The fourth-order valence-electron chi connectivity index (χ4n) is 2.46. The van der Waals surface area contributed by atoms with Gasteiger partial charge in [0.2, 0.25) is 5.91 Å². The highest BCUT2D eigenvalue weighted by Gasteiger charge is 2.37. The molecule has 0 bridgehead atoms. The number of nitrogens with zero attached hydrogens (tertiary/aromatic N) is 3. The first-order valence-electron chi connectivity index (χ1n) is 7.31. The van der Waals surface area contributed by atoms with Crippen LogP contribution in [0, 0.1) is 0 Å². The number of hydrogen-bond acceptors (Lipinski definition) is 5. The van der Waals surface area contributed by atoms with Crippen LogP contribution >= 0.6 is 0 Å². The summed E-state index contributed by atoms with van der Waals surface area (Å²) in [6.45, 7) is 6.07. The molecule has 1 aromatic heterocycles. The quantitative estimate of drug-likeness (QED) is 0.778. The average molecular weight is 309 g/mol. The Morgan fingerprint density at radius 3 is 2.95 bits per heavy atom. The van der Waals surface area contributed by atoms with Gasteiger partial charge in [0.15, 0.2) is 5.60 Å². The van der Waals surface area contributed by atoms with Crippen molar-refractivity contribution < 1.29 is 14.3 Å². The summed E-state index contributed by atoms with van der Waals surface area (Å²) in [5.41, 5.74) is -0.822. The maximum absolute atomic E-state index is 12.3. The van der Waals surface area contributed by atoms with E-state index in [2.05, 4.69) is 20.6 Å². The molecule has 8 heteroatoms. The molecule has 2 heterocycles. The Bertz CT molecular complexity index is 544. The number of morpholine rings is 1. The van der Waals surface area contributed by atoms with Gasteiger partial charge in [-0.3, -0.25) is 9.59 Å². The van der Waals surface area contributed by atoms with Crippen LogP contribution in [0.15, 0.2) is 12.3 Å². The lowest BCUT2D eigenvalue weighted by Crippen LogP contribution is -2.57. The first-order valence-corrected chi connectivity index (χ1v) is 7.31. The summed E-state index contributed by atoms with van der Waals surface area (Å²) in [6.07, 6.45) is 1.60. The molecule has 2 amide bonds. The summed E-state index contributed by atoms with van der Waals surface area (Å²) in [6, 6.07) is 1.71. The number of ether oxygens (including phenoxy) is 1. The van der Waals surface area contributed by atoms with Crippen LogP contribution in [0.3, 0.4) is 0 Å². The number of carbonyl (C=O) groups excluding carboxylic acids is 2. The Labute approximate surface area is 129 Å². The van der Waals surface area contributed by atoms with Gasteiger partial charge in [0, 0.05) is 32.6 Å². The van der Waals surface area contributed by atoms with Crippen molar-refractivity contribution in [2.24, 2.45) is 0 Å². The van der Waals surface area contributed by atoms with Crippen LogP contribution < -0.4 is 10.6 Å². The van der Waals surface area contributed by atoms with Crippen LogP contribution in [0.1, 0.15) is 13.8 Å². The molecule has 1 fully saturated rings. The van der Waals surface area contributed by atoms with Crippen LogP contribution in [0.25, 0.3) is 0 Å². The first-order chi connectivity index (χ1) is 10.4. The number of hydrogen-bond donors (Lipinski definition) is 2. The Morgan fingerprint density at radius 1 is 1.50 bits per heavy atom. The molecule has 2 rings (SSSR count). The lowest BCUT2D eigenvalue weighted by molar-refractivity contribution is -0.155. The Balaban J connectivity index is 1.84. The SMILES string of the molecule is CC(=O)Nc1ccnn1CCNC(=O)[C@]1(C)CN(C)CCO1. The molecule has 8 nitrogen and oxygen atoms in total. The van der Waals surface area contributed by atoms with Crippen molar-refractivity contribution in [3.05, 3.63) is 12.3 Å². The highest BCUT2D eigenvalue weighted by molar-refractivity contribution is 5.87. The Hall–Kier alpha value is -1.93. The topological polar surface area (TPSA) is 88.5 Å². The zero-order chi connectivity index (χ0) is 16.2. The number of aromatic nitrogens is 2. The van der Waals surface area contributed by atoms with Gasteiger partial charge in [0.25, 0.3) is 5.91 Å². The first kappa shape index (κ1) is 16.4. The number of nitrogens with one attached hydrogen (secondary N) is 2. The summed E-state index contributed by atoms with van der Waals surface area (Å²) < 4.78 is 7.27. The number of amides is 2. The van der Waals surface area contributed by atoms with Crippen molar-refractivity contribution in [2.75, 3.05) is 38.6 Å². The molecule has 2 N–H and O–H groups in total. The van der Waals surface area contributed by atoms with Gasteiger partial charge in [0.05, 0.1) is 19.3 Å². The van der Waals surface area contributed by atoms with Crippen molar-refractivity contribution in [3.8, 4) is 0 Å². The molecule has 1 atom stereocenters. The Morgan fingerprint density at radius 2 is 2.27 bits per heavy atom. The second kappa shape index (κ2) is 6.89. The van der Waals surface area contributed by atoms with Crippen molar-refractivity contribution in [2.45, 2.75) is 26.0 Å². The highest BCUT2D eigenvalue weighted by atomic mass is 16.5. The van der Waals surface area contributed by atoms with Crippen LogP contribution in [0.4, 0.5) is 5.82 Å². The van der Waals surface area contributed by atoms with E-state index in [1.807, 2.05) is 7.05 Å². The van der Waals surface area contributed by atoms with Gasteiger partial charge in [-0.25, -0.2) is 4.68 Å². The van der Waals surface area contributed by atoms with E-state index in [-0.39, 0.29) is 11.8 Å². The minimum atomic E-state index is -0.822. The van der Waals surface area contributed by atoms with Gasteiger partial charge < -0.3 is 20.3 Å². The fourth-order valence-corrected chi connectivity index (χ4v) is 2.46. The largest absolute Gasteiger partial charge is 0.363 e. The maximum Gasteiger partial charge on any atom is 0.253 e. The van der Waals surface area contributed by atoms with Crippen molar-refractivity contribution in [3.63, 3.8) is 0 Å². The van der Waals surface area contributed by atoms with E-state index < -0.39 is 5.60 Å². The molecule has 0 aromatic carbocycles. The summed E-state index contributed by atoms with van der Waals surface area (Å²) in [5, 5.41) is 9.67.